The van der Waals surface area contributed by atoms with Crippen molar-refractivity contribution in [2.24, 2.45) is 0 Å². The zero-order valence-electron chi connectivity index (χ0n) is 12.9. The molecule has 0 aromatic heterocycles. The van der Waals surface area contributed by atoms with Gasteiger partial charge >= 0.3 is 6.18 Å². The quantitative estimate of drug-likeness (QED) is 0.740. The lowest BCUT2D eigenvalue weighted by Crippen LogP contribution is -2.34. The van der Waals surface area contributed by atoms with Crippen LogP contribution in [0, 0.1) is 0 Å². The van der Waals surface area contributed by atoms with E-state index < -0.39 is 11.7 Å². The molecule has 1 aliphatic carbocycles. The molecule has 24 heavy (non-hydrogen) atoms. The summed E-state index contributed by atoms with van der Waals surface area (Å²) in [5.74, 6) is 0. The van der Waals surface area contributed by atoms with E-state index >= 15 is 0 Å². The molecule has 1 aliphatic rings. The van der Waals surface area contributed by atoms with Crippen LogP contribution in [-0.2, 0) is 12.6 Å². The van der Waals surface area contributed by atoms with Crippen LogP contribution < -0.4 is 10.6 Å². The molecule has 0 amide bonds. The van der Waals surface area contributed by atoms with Gasteiger partial charge in [-0.15, -0.1) is 0 Å². The van der Waals surface area contributed by atoms with E-state index in [1.54, 1.807) is 6.07 Å². The van der Waals surface area contributed by atoms with E-state index in [-0.39, 0.29) is 16.8 Å². The largest absolute Gasteiger partial charge is 0.418 e. The van der Waals surface area contributed by atoms with Crippen LogP contribution >= 0.6 is 12.2 Å². The minimum Gasteiger partial charge on any atom is -0.356 e. The molecule has 1 atom stereocenters. The van der Waals surface area contributed by atoms with Gasteiger partial charge in [0.15, 0.2) is 5.11 Å². The van der Waals surface area contributed by atoms with Crippen LogP contribution in [0.2, 0.25) is 0 Å². The molecule has 0 fully saturated rings. The predicted octanol–water partition coefficient (Wildman–Crippen LogP) is 5.07. The second-order valence-electron chi connectivity index (χ2n) is 5.79. The summed E-state index contributed by atoms with van der Waals surface area (Å²) in [5.41, 5.74) is 1.67. The average Bonchev–Trinajstić information content (AvgIpc) is 2.54. The lowest BCUT2D eigenvalue weighted by Gasteiger charge is -2.27. The molecule has 0 saturated carbocycles. The Kier molecular flexibility index (Phi) is 4.76. The van der Waals surface area contributed by atoms with Crippen molar-refractivity contribution in [2.75, 3.05) is 5.32 Å². The number of para-hydroxylation sites is 1. The summed E-state index contributed by atoms with van der Waals surface area (Å²) < 4.78 is 39.2. The molecule has 2 nitrogen and oxygen atoms in total. The van der Waals surface area contributed by atoms with E-state index in [2.05, 4.69) is 16.7 Å². The van der Waals surface area contributed by atoms with Crippen molar-refractivity contribution < 1.29 is 13.2 Å². The van der Waals surface area contributed by atoms with Gasteiger partial charge in [-0.1, -0.05) is 36.4 Å². The van der Waals surface area contributed by atoms with Gasteiger partial charge in [-0.3, -0.25) is 0 Å². The number of anilines is 1. The maximum absolute atomic E-state index is 13.1. The van der Waals surface area contributed by atoms with Crippen LogP contribution in [0.1, 0.15) is 35.6 Å². The van der Waals surface area contributed by atoms with Gasteiger partial charge in [0, 0.05) is 0 Å². The number of benzene rings is 2. The fourth-order valence-corrected chi connectivity index (χ4v) is 3.31. The standard InChI is InChI=1S/C18H17F3N2S/c19-18(20,21)14-9-3-4-10-16(14)23-17(24)22-15-11-5-7-12-6-1-2-8-13(12)15/h1-4,6,8-10,15H,5,7,11H2,(H2,22,23,24). The summed E-state index contributed by atoms with van der Waals surface area (Å²) >= 11 is 5.24. The van der Waals surface area contributed by atoms with E-state index in [1.807, 2.05) is 18.2 Å². The Balaban J connectivity index is 1.74. The van der Waals surface area contributed by atoms with Crippen molar-refractivity contribution in [1.29, 1.82) is 0 Å². The number of aryl methyl sites for hydroxylation is 1. The van der Waals surface area contributed by atoms with E-state index in [0.717, 1.165) is 30.9 Å². The summed E-state index contributed by atoms with van der Waals surface area (Å²) in [6.07, 6.45) is -1.47. The number of fused-ring (bicyclic) bond motifs is 1. The van der Waals surface area contributed by atoms with Crippen LogP contribution in [0.5, 0.6) is 0 Å². The van der Waals surface area contributed by atoms with Crippen molar-refractivity contribution in [1.82, 2.24) is 5.32 Å². The fourth-order valence-electron chi connectivity index (χ4n) is 3.06. The Morgan fingerprint density at radius 2 is 1.75 bits per heavy atom. The smallest absolute Gasteiger partial charge is 0.356 e. The first-order valence-electron chi connectivity index (χ1n) is 7.76. The maximum atomic E-state index is 13.1. The number of alkyl halides is 3. The molecule has 0 radical (unpaired) electrons. The second kappa shape index (κ2) is 6.81. The zero-order valence-corrected chi connectivity index (χ0v) is 13.7. The topological polar surface area (TPSA) is 24.1 Å². The molecule has 0 heterocycles. The Hall–Kier alpha value is -2.08. The summed E-state index contributed by atoms with van der Waals surface area (Å²) in [4.78, 5) is 0. The van der Waals surface area contributed by atoms with Gasteiger partial charge in [0.2, 0.25) is 0 Å². The van der Waals surface area contributed by atoms with Crippen LogP contribution in [-0.4, -0.2) is 5.11 Å². The SMILES string of the molecule is FC(F)(F)c1ccccc1NC(=S)NC1CCCc2ccccc21. The average molecular weight is 350 g/mol. The Labute approximate surface area is 144 Å². The van der Waals surface area contributed by atoms with Crippen molar-refractivity contribution >= 4 is 23.0 Å². The Morgan fingerprint density at radius 3 is 2.54 bits per heavy atom. The van der Waals surface area contributed by atoms with Crippen LogP contribution in [0.15, 0.2) is 48.5 Å². The van der Waals surface area contributed by atoms with Crippen molar-refractivity contribution in [3.63, 3.8) is 0 Å². The highest BCUT2D eigenvalue weighted by atomic mass is 32.1. The molecule has 0 aliphatic heterocycles. The number of hydrogen-bond donors (Lipinski definition) is 2. The third kappa shape index (κ3) is 3.70. The van der Waals surface area contributed by atoms with Crippen LogP contribution in [0.25, 0.3) is 0 Å². The third-order valence-corrected chi connectivity index (χ3v) is 4.38. The molecule has 1 unspecified atom stereocenters. The first-order chi connectivity index (χ1) is 11.4. The van der Waals surface area contributed by atoms with Crippen molar-refractivity contribution in [3.05, 3.63) is 65.2 Å². The van der Waals surface area contributed by atoms with E-state index in [9.17, 15) is 13.2 Å². The van der Waals surface area contributed by atoms with E-state index in [4.69, 9.17) is 12.2 Å². The molecule has 6 heteroatoms. The third-order valence-electron chi connectivity index (χ3n) is 4.16. The summed E-state index contributed by atoms with van der Waals surface area (Å²) in [7, 11) is 0. The van der Waals surface area contributed by atoms with Gasteiger partial charge in [-0.05, 0) is 54.7 Å². The second-order valence-corrected chi connectivity index (χ2v) is 6.19. The minimum atomic E-state index is -4.42. The van der Waals surface area contributed by atoms with Gasteiger partial charge in [-0.25, -0.2) is 0 Å². The summed E-state index contributed by atoms with van der Waals surface area (Å²) in [6.45, 7) is 0. The number of thiocarbonyl (C=S) groups is 1. The molecule has 2 aromatic rings. The summed E-state index contributed by atoms with van der Waals surface area (Å²) in [6, 6.07) is 13.4. The molecule has 0 saturated heterocycles. The molecule has 2 aromatic carbocycles. The number of rotatable bonds is 2. The zero-order chi connectivity index (χ0) is 17.2. The molecule has 0 spiro atoms. The Morgan fingerprint density at radius 1 is 1.04 bits per heavy atom. The lowest BCUT2D eigenvalue weighted by atomic mass is 9.88. The van der Waals surface area contributed by atoms with Crippen LogP contribution in [0.3, 0.4) is 0 Å². The monoisotopic (exact) mass is 350 g/mol. The molecule has 126 valence electrons. The highest BCUT2D eigenvalue weighted by Gasteiger charge is 2.33. The van der Waals surface area contributed by atoms with Crippen molar-refractivity contribution in [3.8, 4) is 0 Å². The maximum Gasteiger partial charge on any atom is 0.418 e. The molecule has 3 rings (SSSR count). The van der Waals surface area contributed by atoms with E-state index in [0.29, 0.717) is 0 Å². The number of hydrogen-bond acceptors (Lipinski definition) is 1. The fraction of sp³-hybridized carbons (Fsp3) is 0.278. The Bertz CT molecular complexity index is 743. The molecular weight excluding hydrogens is 333 g/mol. The number of halogens is 3. The van der Waals surface area contributed by atoms with Gasteiger partial charge in [0.05, 0.1) is 17.3 Å². The van der Waals surface area contributed by atoms with Gasteiger partial charge in [0.1, 0.15) is 0 Å². The summed E-state index contributed by atoms with van der Waals surface area (Å²) in [5, 5.41) is 6.05. The highest BCUT2D eigenvalue weighted by molar-refractivity contribution is 7.80. The highest BCUT2D eigenvalue weighted by Crippen LogP contribution is 2.35. The predicted molar refractivity (Wildman–Crippen MR) is 92.9 cm³/mol. The van der Waals surface area contributed by atoms with Gasteiger partial charge in [0.25, 0.3) is 0 Å². The lowest BCUT2D eigenvalue weighted by molar-refractivity contribution is -0.136. The first-order valence-corrected chi connectivity index (χ1v) is 8.17. The molecular formula is C18H17F3N2S. The molecule has 2 N–H and O–H groups in total. The van der Waals surface area contributed by atoms with Gasteiger partial charge in [-0.2, -0.15) is 13.2 Å². The number of nitrogens with one attached hydrogen (secondary N) is 2. The molecule has 0 bridgehead atoms. The van der Waals surface area contributed by atoms with E-state index in [1.165, 1.54) is 17.7 Å². The van der Waals surface area contributed by atoms with Crippen LogP contribution in [0.4, 0.5) is 18.9 Å². The normalized spacial score (nSPS) is 17.0. The van der Waals surface area contributed by atoms with Crippen molar-refractivity contribution in [2.45, 2.75) is 31.5 Å². The first kappa shape index (κ1) is 16.8. The van der Waals surface area contributed by atoms with Gasteiger partial charge < -0.3 is 10.6 Å². The minimum absolute atomic E-state index is 0.0213.